The Morgan fingerprint density at radius 1 is 1.06 bits per heavy atom. The summed E-state index contributed by atoms with van der Waals surface area (Å²) in [6.07, 6.45) is 10.5. The van der Waals surface area contributed by atoms with Crippen molar-refractivity contribution in [1.29, 1.82) is 0 Å². The van der Waals surface area contributed by atoms with Gasteiger partial charge in [-0.2, -0.15) is 0 Å². The van der Waals surface area contributed by atoms with Crippen LogP contribution in [0.1, 0.15) is 64.7 Å². The largest absolute Gasteiger partial charge is 0.484 e. The van der Waals surface area contributed by atoms with Crippen LogP contribution < -0.4 is 15.4 Å². The highest BCUT2D eigenvalue weighted by molar-refractivity contribution is 6.30. The number of carbonyl (C=O) groups is 2. The van der Waals surface area contributed by atoms with Crippen molar-refractivity contribution in [3.05, 3.63) is 29.3 Å². The zero-order valence-corrected chi connectivity index (χ0v) is 19.7. The monoisotopic (exact) mass is 462 g/mol. The van der Waals surface area contributed by atoms with E-state index in [4.69, 9.17) is 21.1 Å². The lowest BCUT2D eigenvalue weighted by atomic mass is 9.38. The van der Waals surface area contributed by atoms with Crippen LogP contribution in [0.3, 0.4) is 0 Å². The fourth-order valence-electron chi connectivity index (χ4n) is 5.40. The molecule has 7 heteroatoms. The molecule has 2 N–H and O–H groups in total. The first-order valence-electron chi connectivity index (χ1n) is 11.9. The molecule has 1 aromatic rings. The highest BCUT2D eigenvalue weighted by Gasteiger charge is 2.67. The van der Waals surface area contributed by atoms with E-state index in [0.717, 1.165) is 32.1 Å². The Bertz CT molecular complexity index is 789. The maximum absolute atomic E-state index is 12.2. The normalized spacial score (nSPS) is 26.4. The minimum absolute atomic E-state index is 0.0169. The number of halogens is 1. The van der Waals surface area contributed by atoms with E-state index in [2.05, 4.69) is 17.6 Å². The fourth-order valence-corrected chi connectivity index (χ4v) is 5.52. The topological polar surface area (TPSA) is 76.7 Å². The number of ether oxygens (including phenoxy) is 2. The van der Waals surface area contributed by atoms with Crippen LogP contribution in [0.25, 0.3) is 0 Å². The zero-order chi connectivity index (χ0) is 22.6. The SMILES string of the molecule is CC(OCC(=O)NC12CC(CCCCCNC(=O)COc3ccc(Cl)cc3)(C1)C2)C1CC1. The van der Waals surface area contributed by atoms with E-state index in [1.54, 1.807) is 24.3 Å². The maximum atomic E-state index is 12.2. The Morgan fingerprint density at radius 2 is 1.78 bits per heavy atom. The predicted molar refractivity (Wildman–Crippen MR) is 124 cm³/mol. The second kappa shape index (κ2) is 10.0. The Hall–Kier alpha value is -1.79. The lowest BCUT2D eigenvalue weighted by Gasteiger charge is -2.71. The van der Waals surface area contributed by atoms with Gasteiger partial charge in [0.2, 0.25) is 5.91 Å². The summed E-state index contributed by atoms with van der Waals surface area (Å²) >= 11 is 5.83. The summed E-state index contributed by atoms with van der Waals surface area (Å²) in [5, 5.41) is 6.77. The first-order valence-corrected chi connectivity index (χ1v) is 12.3. The Morgan fingerprint density at radius 3 is 2.47 bits per heavy atom. The van der Waals surface area contributed by atoms with Crippen molar-refractivity contribution in [2.75, 3.05) is 19.8 Å². The predicted octanol–water partition coefficient (Wildman–Crippen LogP) is 4.25. The molecular formula is C25H35ClN2O4. The van der Waals surface area contributed by atoms with E-state index in [9.17, 15) is 9.59 Å². The summed E-state index contributed by atoms with van der Waals surface area (Å²) in [5.74, 6) is 1.24. The Balaban J connectivity index is 0.990. The van der Waals surface area contributed by atoms with Crippen molar-refractivity contribution >= 4 is 23.4 Å². The molecule has 176 valence electrons. The second-order valence-electron chi connectivity index (χ2n) is 10.1. The average Bonchev–Trinajstić information content (AvgIpc) is 3.56. The molecule has 32 heavy (non-hydrogen) atoms. The molecule has 0 saturated heterocycles. The van der Waals surface area contributed by atoms with Gasteiger partial charge in [-0.25, -0.2) is 0 Å². The van der Waals surface area contributed by atoms with Gasteiger partial charge in [-0.1, -0.05) is 24.4 Å². The zero-order valence-electron chi connectivity index (χ0n) is 19.0. The lowest BCUT2D eigenvalue weighted by molar-refractivity contribution is -0.172. The third-order valence-corrected chi connectivity index (χ3v) is 7.45. The van der Waals surface area contributed by atoms with Gasteiger partial charge in [0.25, 0.3) is 5.91 Å². The third-order valence-electron chi connectivity index (χ3n) is 7.20. The van der Waals surface area contributed by atoms with Gasteiger partial charge in [0.15, 0.2) is 6.61 Å². The molecule has 6 nitrogen and oxygen atoms in total. The van der Waals surface area contributed by atoms with Crippen molar-refractivity contribution in [2.24, 2.45) is 11.3 Å². The van der Waals surface area contributed by atoms with Gasteiger partial charge in [-0.15, -0.1) is 0 Å². The molecule has 0 radical (unpaired) electrons. The molecule has 0 spiro atoms. The molecule has 1 unspecified atom stereocenters. The molecule has 4 saturated carbocycles. The number of benzene rings is 1. The van der Waals surface area contributed by atoms with E-state index in [1.807, 2.05) is 0 Å². The molecule has 4 aliphatic carbocycles. The van der Waals surface area contributed by atoms with Crippen molar-refractivity contribution in [3.63, 3.8) is 0 Å². The van der Waals surface area contributed by atoms with Gasteiger partial charge in [0, 0.05) is 17.1 Å². The van der Waals surface area contributed by atoms with Crippen LogP contribution in [-0.4, -0.2) is 43.2 Å². The summed E-state index contributed by atoms with van der Waals surface area (Å²) in [5.41, 5.74) is 0.506. The van der Waals surface area contributed by atoms with Gasteiger partial charge in [-0.3, -0.25) is 9.59 Å². The van der Waals surface area contributed by atoms with Crippen LogP contribution in [0.15, 0.2) is 24.3 Å². The van der Waals surface area contributed by atoms with Crippen LogP contribution in [0.2, 0.25) is 5.02 Å². The Kier molecular flexibility index (Phi) is 7.30. The number of nitrogens with one attached hydrogen (secondary N) is 2. The van der Waals surface area contributed by atoms with Crippen molar-refractivity contribution in [3.8, 4) is 5.75 Å². The van der Waals surface area contributed by atoms with E-state index in [-0.39, 0.29) is 36.7 Å². The minimum Gasteiger partial charge on any atom is -0.484 e. The van der Waals surface area contributed by atoms with Gasteiger partial charge in [0.1, 0.15) is 12.4 Å². The smallest absolute Gasteiger partial charge is 0.257 e. The summed E-state index contributed by atoms with van der Waals surface area (Å²) in [6, 6.07) is 6.97. The standard InChI is InChI=1S/C25H35ClN2O4/c1-18(19-5-6-19)31-14-23(30)28-25-15-24(16-25,17-25)11-3-2-4-12-27-22(29)13-32-21-9-7-20(26)8-10-21/h7-10,18-19H,2-6,11-17H2,1H3,(H,27,29)(H,28,30). The summed E-state index contributed by atoms with van der Waals surface area (Å²) in [7, 11) is 0. The highest BCUT2D eigenvalue weighted by atomic mass is 35.5. The van der Waals surface area contributed by atoms with E-state index >= 15 is 0 Å². The third kappa shape index (κ3) is 6.16. The number of hydrogen-bond donors (Lipinski definition) is 2. The highest BCUT2D eigenvalue weighted by Crippen LogP contribution is 2.69. The Labute approximate surface area is 195 Å². The molecule has 1 atom stereocenters. The fraction of sp³-hybridized carbons (Fsp3) is 0.680. The number of rotatable bonds is 14. The number of hydrogen-bond acceptors (Lipinski definition) is 4. The minimum atomic E-state index is -0.104. The van der Waals surface area contributed by atoms with Crippen LogP contribution in [-0.2, 0) is 14.3 Å². The van der Waals surface area contributed by atoms with Crippen LogP contribution in [0.4, 0.5) is 0 Å². The van der Waals surface area contributed by atoms with E-state index in [1.165, 1.54) is 25.7 Å². The van der Waals surface area contributed by atoms with Crippen LogP contribution >= 0.6 is 11.6 Å². The first-order chi connectivity index (χ1) is 15.4. The average molecular weight is 463 g/mol. The number of amides is 2. The quantitative estimate of drug-likeness (QED) is 0.405. The molecule has 2 amide bonds. The van der Waals surface area contributed by atoms with Gasteiger partial charge in [0.05, 0.1) is 6.10 Å². The molecular weight excluding hydrogens is 428 g/mol. The molecule has 0 aromatic heterocycles. The van der Waals surface area contributed by atoms with Crippen LogP contribution in [0, 0.1) is 11.3 Å². The first kappa shape index (κ1) is 23.4. The summed E-state index contributed by atoms with van der Waals surface area (Å²) < 4.78 is 11.1. The molecule has 5 rings (SSSR count). The summed E-state index contributed by atoms with van der Waals surface area (Å²) in [4.78, 5) is 24.0. The molecule has 4 aliphatic rings. The van der Waals surface area contributed by atoms with Crippen LogP contribution in [0.5, 0.6) is 5.75 Å². The van der Waals surface area contributed by atoms with Crippen molar-refractivity contribution in [1.82, 2.24) is 10.6 Å². The van der Waals surface area contributed by atoms with Gasteiger partial charge >= 0.3 is 0 Å². The number of carbonyl (C=O) groups excluding carboxylic acids is 2. The van der Waals surface area contributed by atoms with Crippen molar-refractivity contribution in [2.45, 2.75) is 76.4 Å². The van der Waals surface area contributed by atoms with Gasteiger partial charge in [-0.05, 0) is 87.5 Å². The summed E-state index contributed by atoms with van der Waals surface area (Å²) in [6.45, 7) is 2.96. The second-order valence-corrected chi connectivity index (χ2v) is 10.6. The molecule has 4 fully saturated rings. The van der Waals surface area contributed by atoms with Crippen molar-refractivity contribution < 1.29 is 19.1 Å². The molecule has 1 aromatic carbocycles. The maximum Gasteiger partial charge on any atom is 0.257 e. The van der Waals surface area contributed by atoms with E-state index in [0.29, 0.717) is 28.6 Å². The van der Waals surface area contributed by atoms with Gasteiger partial charge < -0.3 is 20.1 Å². The molecule has 2 bridgehead atoms. The number of unbranched alkanes of at least 4 members (excludes halogenated alkanes) is 2. The molecule has 0 heterocycles. The molecule has 0 aliphatic heterocycles. The van der Waals surface area contributed by atoms with E-state index < -0.39 is 0 Å². The lowest BCUT2D eigenvalue weighted by Crippen LogP contribution is -2.74.